The second-order valence-corrected chi connectivity index (χ2v) is 17.8. The van der Waals surface area contributed by atoms with Gasteiger partial charge in [-0.25, -0.2) is 19.7 Å². The summed E-state index contributed by atoms with van der Waals surface area (Å²) in [6.45, 7) is 13.6. The zero-order chi connectivity index (χ0) is 44.2. The fraction of sp³-hybridized carbons (Fsp3) is 0.435. The van der Waals surface area contributed by atoms with E-state index in [0.29, 0.717) is 75.4 Å². The summed E-state index contributed by atoms with van der Waals surface area (Å²) in [6, 6.07) is 12.6. The normalized spacial score (nSPS) is 19.8. The topological polar surface area (TPSA) is 183 Å². The maximum Gasteiger partial charge on any atom is 0.415 e. The van der Waals surface area contributed by atoms with Crippen LogP contribution in [0.15, 0.2) is 54.9 Å². The molecule has 2 fully saturated rings. The predicted molar refractivity (Wildman–Crippen MR) is 234 cm³/mol. The highest BCUT2D eigenvalue weighted by Crippen LogP contribution is 2.40. The molecule has 2 aromatic heterocycles. The van der Waals surface area contributed by atoms with Crippen molar-refractivity contribution in [3.8, 4) is 5.88 Å². The molecular weight excluding hydrogens is 805 g/mol. The number of aromatic nitrogens is 3. The molecule has 17 nitrogen and oxygen atoms in total. The molecule has 0 spiro atoms. The van der Waals surface area contributed by atoms with Crippen molar-refractivity contribution in [3.63, 3.8) is 0 Å². The Morgan fingerprint density at radius 3 is 2.51 bits per heavy atom. The Labute approximate surface area is 365 Å². The Morgan fingerprint density at radius 2 is 1.75 bits per heavy atom. The van der Waals surface area contributed by atoms with Gasteiger partial charge < -0.3 is 34.4 Å². The molecule has 63 heavy (non-hydrogen) atoms. The Hall–Kier alpha value is -6.78. The third-order valence-electron chi connectivity index (χ3n) is 12.4. The highest BCUT2D eigenvalue weighted by Gasteiger charge is 2.41. The van der Waals surface area contributed by atoms with Gasteiger partial charge in [-0.1, -0.05) is 18.2 Å². The van der Waals surface area contributed by atoms with E-state index in [-0.39, 0.29) is 36.6 Å². The minimum Gasteiger partial charge on any atom is -0.474 e. The van der Waals surface area contributed by atoms with Gasteiger partial charge in [-0.3, -0.25) is 29.4 Å². The Morgan fingerprint density at radius 1 is 0.937 bits per heavy atom. The number of carbonyl (C=O) groups excluding carboxylic acids is 5. The first-order valence-corrected chi connectivity index (χ1v) is 21.6. The number of piperazine rings is 1. The van der Waals surface area contributed by atoms with E-state index < -0.39 is 23.6 Å². The van der Waals surface area contributed by atoms with Crippen molar-refractivity contribution in [2.75, 3.05) is 59.3 Å². The summed E-state index contributed by atoms with van der Waals surface area (Å²) in [4.78, 5) is 88.3. The number of hydrogen-bond donors (Lipinski definition) is 2. The van der Waals surface area contributed by atoms with Crippen LogP contribution < -0.4 is 30.1 Å². The lowest BCUT2D eigenvalue weighted by atomic mass is 10.0. The van der Waals surface area contributed by atoms with Gasteiger partial charge in [0.05, 0.1) is 37.1 Å². The van der Waals surface area contributed by atoms with Gasteiger partial charge in [-0.15, -0.1) is 0 Å². The summed E-state index contributed by atoms with van der Waals surface area (Å²) in [6.07, 6.45) is 4.75. The number of nitrogens with zero attached hydrogens (tertiary/aromatic N) is 8. The average molecular weight is 857 g/mol. The number of pyridine rings is 1. The van der Waals surface area contributed by atoms with Crippen LogP contribution in [-0.4, -0.2) is 111 Å². The van der Waals surface area contributed by atoms with Crippen LogP contribution in [0.4, 0.5) is 33.5 Å². The van der Waals surface area contributed by atoms with Crippen LogP contribution >= 0.6 is 0 Å². The smallest absolute Gasteiger partial charge is 0.415 e. The number of nitrogens with one attached hydrogen (secondary N) is 2. The molecule has 2 atom stereocenters. The first kappa shape index (κ1) is 41.6. The van der Waals surface area contributed by atoms with Gasteiger partial charge in [-0.2, -0.15) is 0 Å². The molecule has 7 heterocycles. The lowest BCUT2D eigenvalue weighted by Crippen LogP contribution is -2.54. The molecule has 2 N–H and O–H groups in total. The highest BCUT2D eigenvalue weighted by molar-refractivity contribution is 6.06. The van der Waals surface area contributed by atoms with E-state index in [4.69, 9.17) is 14.5 Å². The molecule has 2 saturated heterocycles. The fourth-order valence-corrected chi connectivity index (χ4v) is 9.24. The molecule has 0 aliphatic carbocycles. The molecule has 4 aromatic rings. The molecule has 328 valence electrons. The Bertz CT molecular complexity index is 2510. The molecule has 0 radical (unpaired) electrons. The molecule has 1 unspecified atom stereocenters. The van der Waals surface area contributed by atoms with E-state index in [9.17, 15) is 24.0 Å². The number of hydrogen-bond acceptors (Lipinski definition) is 13. The number of benzene rings is 2. The van der Waals surface area contributed by atoms with E-state index in [2.05, 4.69) is 30.4 Å². The van der Waals surface area contributed by atoms with Gasteiger partial charge in [0.2, 0.25) is 29.5 Å². The van der Waals surface area contributed by atoms with Crippen molar-refractivity contribution >= 4 is 58.4 Å². The van der Waals surface area contributed by atoms with E-state index in [1.54, 1.807) is 22.1 Å². The third kappa shape index (κ3) is 8.31. The second kappa shape index (κ2) is 16.5. The molecule has 5 aliphatic rings. The zero-order valence-corrected chi connectivity index (χ0v) is 36.3. The number of amides is 5. The summed E-state index contributed by atoms with van der Waals surface area (Å²) < 4.78 is 11.6. The van der Waals surface area contributed by atoms with E-state index in [0.717, 1.165) is 58.0 Å². The number of imide groups is 1. The van der Waals surface area contributed by atoms with Crippen LogP contribution in [0.1, 0.15) is 78.8 Å². The molecule has 17 heteroatoms. The van der Waals surface area contributed by atoms with Crippen molar-refractivity contribution in [1.29, 1.82) is 0 Å². The molecule has 0 saturated carbocycles. The van der Waals surface area contributed by atoms with E-state index in [1.807, 2.05) is 82.1 Å². The largest absolute Gasteiger partial charge is 0.474 e. The summed E-state index contributed by atoms with van der Waals surface area (Å²) in [7, 11) is 0. The van der Waals surface area contributed by atoms with Gasteiger partial charge in [0.15, 0.2) is 0 Å². The minimum absolute atomic E-state index is 0.0392. The van der Waals surface area contributed by atoms with Crippen LogP contribution in [0.5, 0.6) is 5.88 Å². The molecular formula is C46H52N10O7. The van der Waals surface area contributed by atoms with Crippen molar-refractivity contribution < 1.29 is 33.4 Å². The van der Waals surface area contributed by atoms with Gasteiger partial charge in [-0.05, 0) is 82.9 Å². The Balaban J connectivity index is 0.808. The van der Waals surface area contributed by atoms with Gasteiger partial charge in [0, 0.05) is 79.4 Å². The van der Waals surface area contributed by atoms with Gasteiger partial charge >= 0.3 is 6.09 Å². The van der Waals surface area contributed by atoms with Gasteiger partial charge in [0.1, 0.15) is 23.9 Å². The highest BCUT2D eigenvalue weighted by atomic mass is 16.6. The van der Waals surface area contributed by atoms with Crippen LogP contribution in [-0.2, 0) is 45.1 Å². The van der Waals surface area contributed by atoms with Crippen molar-refractivity contribution in [2.45, 2.75) is 91.1 Å². The van der Waals surface area contributed by atoms with Crippen molar-refractivity contribution in [2.24, 2.45) is 0 Å². The molecule has 9 rings (SSSR count). The average Bonchev–Trinajstić information content (AvgIpc) is 3.59. The van der Waals surface area contributed by atoms with Crippen molar-refractivity contribution in [1.82, 2.24) is 30.1 Å². The number of piperidine rings is 1. The Kier molecular flexibility index (Phi) is 10.9. The number of anilines is 5. The van der Waals surface area contributed by atoms with E-state index in [1.165, 1.54) is 0 Å². The maximum absolute atomic E-state index is 13.7. The maximum atomic E-state index is 13.7. The number of fused-ring (bicyclic) bond motifs is 3. The molecule has 5 aliphatic heterocycles. The molecule has 5 amide bonds. The summed E-state index contributed by atoms with van der Waals surface area (Å²) >= 11 is 0. The lowest BCUT2D eigenvalue weighted by molar-refractivity contribution is -0.137. The number of carbonyl (C=O) groups is 5. The summed E-state index contributed by atoms with van der Waals surface area (Å²) in [5, 5.41) is 5.70. The summed E-state index contributed by atoms with van der Waals surface area (Å²) in [5.41, 5.74) is 7.79. The van der Waals surface area contributed by atoms with E-state index >= 15 is 0 Å². The van der Waals surface area contributed by atoms with Crippen LogP contribution in [0, 0.1) is 6.92 Å². The van der Waals surface area contributed by atoms with Crippen molar-refractivity contribution in [3.05, 3.63) is 88.4 Å². The quantitative estimate of drug-likeness (QED) is 0.245. The molecule has 0 bridgehead atoms. The first-order valence-electron chi connectivity index (χ1n) is 21.6. The zero-order valence-electron chi connectivity index (χ0n) is 36.3. The predicted octanol–water partition coefficient (Wildman–Crippen LogP) is 4.66. The summed E-state index contributed by atoms with van der Waals surface area (Å²) in [5.74, 6) is -0.0229. The van der Waals surface area contributed by atoms with Crippen LogP contribution in [0.25, 0.3) is 0 Å². The standard InChI is InChI=1S/C46H52N10O7/c1-27-24-53(35-8-6-7-32-33(35)25-56(43(32)60)36-13-14-38(57)51-41(36)59)17-18-54(27)39(58)21-29-9-11-31(12-10-29)49-44-48-22-30-15-16-52(26-34(30)50-44)37-23-47-42-40(28(37)2)55(19-20-62-42)45(61)63-46(3,4)5/h6-12,22-23,27,36H,13-21,24-26H2,1-5H3,(H,48,49,50)(H,51,57,59)/t27-,36?/m1/s1. The third-order valence-corrected chi connectivity index (χ3v) is 12.4. The molecule has 2 aromatic carbocycles. The first-order chi connectivity index (χ1) is 30.2. The van der Waals surface area contributed by atoms with Crippen LogP contribution in [0.2, 0.25) is 0 Å². The SMILES string of the molecule is Cc1c(N2CCc3cnc(Nc4ccc(CC(=O)N5CCN(c6cccc7c6CN(C6CCC(=O)NC6=O)C7=O)C[C@H]5C)cc4)nc3C2)cnc2c1N(C(=O)OC(C)(C)C)CCO2. The fourth-order valence-electron chi connectivity index (χ4n) is 9.24. The monoisotopic (exact) mass is 856 g/mol. The number of ether oxygens (including phenoxy) is 2. The van der Waals surface area contributed by atoms with Crippen LogP contribution in [0.3, 0.4) is 0 Å². The second-order valence-electron chi connectivity index (χ2n) is 17.8. The lowest BCUT2D eigenvalue weighted by Gasteiger charge is -2.41. The minimum atomic E-state index is -0.675. The van der Waals surface area contributed by atoms with Gasteiger partial charge in [0.25, 0.3) is 5.91 Å². The number of rotatable bonds is 7.